The Labute approximate surface area is 265 Å². The maximum Gasteiger partial charge on any atom is 0.175 e. The van der Waals surface area contributed by atoms with Crippen molar-refractivity contribution in [3.05, 3.63) is 77.3 Å². The maximum atomic E-state index is 13.7. The molecule has 7 atom stereocenters. The average molecular weight is 612 g/mol. The average Bonchev–Trinajstić information content (AvgIpc) is 3.51. The zero-order valence-electron chi connectivity index (χ0n) is 26.6. The quantitative estimate of drug-likeness (QED) is 0.308. The number of pyridine rings is 1. The first kappa shape index (κ1) is 29.9. The fourth-order valence-corrected chi connectivity index (χ4v) is 10.5. The molecule has 4 aliphatic carbocycles. The number of Topliss-reactive ketones (excluding diaryl/α,β-unsaturated/α-hetero) is 1. The zero-order chi connectivity index (χ0) is 31.1. The summed E-state index contributed by atoms with van der Waals surface area (Å²) in [5.41, 5.74) is 4.00. The van der Waals surface area contributed by atoms with E-state index < -0.39 is 17.1 Å². The van der Waals surface area contributed by atoms with Crippen molar-refractivity contribution in [1.29, 1.82) is 0 Å². The molecule has 7 rings (SSSR count). The molecule has 3 aromatic rings. The number of ketones is 1. The monoisotopic (exact) mass is 611 g/mol. The summed E-state index contributed by atoms with van der Waals surface area (Å²) >= 11 is 1.39. The number of aliphatic hydroxyl groups is 2. The number of nitrogens with zero attached hydrogens (tertiary/aromatic N) is 3. The number of thioether (sulfide) groups is 1. The summed E-state index contributed by atoms with van der Waals surface area (Å²) in [6, 6.07) is 14.4. The van der Waals surface area contributed by atoms with Gasteiger partial charge in [0.1, 0.15) is 5.60 Å². The Morgan fingerprint density at radius 3 is 2.59 bits per heavy atom. The summed E-state index contributed by atoms with van der Waals surface area (Å²) in [5.74, 6) is 0.613. The molecule has 44 heavy (non-hydrogen) atoms. The zero-order valence-corrected chi connectivity index (χ0v) is 27.4. The van der Waals surface area contributed by atoms with Gasteiger partial charge in [0.25, 0.3) is 0 Å². The number of carbonyl (C=O) groups excluding carboxylic acids is 1. The van der Waals surface area contributed by atoms with Crippen molar-refractivity contribution in [2.45, 2.75) is 95.3 Å². The molecule has 0 aliphatic heterocycles. The van der Waals surface area contributed by atoms with E-state index in [4.69, 9.17) is 5.10 Å². The number of hydrogen-bond donors (Lipinski definition) is 2. The van der Waals surface area contributed by atoms with Crippen LogP contribution in [-0.2, 0) is 16.6 Å². The van der Waals surface area contributed by atoms with Crippen molar-refractivity contribution < 1.29 is 15.0 Å². The molecule has 3 saturated carbocycles. The molecule has 2 heterocycles. The minimum atomic E-state index is -1.42. The Morgan fingerprint density at radius 1 is 1.11 bits per heavy atom. The van der Waals surface area contributed by atoms with Gasteiger partial charge in [-0.1, -0.05) is 70.2 Å². The van der Waals surface area contributed by atoms with Gasteiger partial charge in [0.15, 0.2) is 5.78 Å². The number of fused-ring (bicyclic) bond motifs is 6. The second-order valence-electron chi connectivity index (χ2n) is 15.3. The van der Waals surface area contributed by atoms with Crippen LogP contribution in [0.3, 0.4) is 0 Å². The van der Waals surface area contributed by atoms with E-state index in [1.54, 1.807) is 6.20 Å². The third-order valence-electron chi connectivity index (χ3n) is 12.0. The Bertz CT molecular complexity index is 1610. The number of rotatable bonds is 5. The van der Waals surface area contributed by atoms with E-state index in [1.807, 2.05) is 24.4 Å². The topological polar surface area (TPSA) is 88.2 Å². The number of benzene rings is 1. The van der Waals surface area contributed by atoms with Crippen LogP contribution < -0.4 is 0 Å². The lowest BCUT2D eigenvalue weighted by Gasteiger charge is -2.60. The van der Waals surface area contributed by atoms with Crippen LogP contribution in [-0.4, -0.2) is 48.2 Å². The Balaban J connectivity index is 1.15. The first-order chi connectivity index (χ1) is 20.8. The fourth-order valence-electron chi connectivity index (χ4n) is 9.65. The van der Waals surface area contributed by atoms with E-state index in [1.165, 1.54) is 28.5 Å². The SMILES string of the molecule is CC(C)(C)c1ccc(-n2ncc3c2C=C2CCC4C([C@@H](O)CC5(C)C4CCC5(O)C(=O)CSc4ccccn4)C2(C)C3)cc1. The van der Waals surface area contributed by atoms with E-state index in [2.05, 4.69) is 74.6 Å². The molecular weight excluding hydrogens is 566 g/mol. The Kier molecular flexibility index (Phi) is 7.07. The number of hydrogen-bond acceptors (Lipinski definition) is 6. The Morgan fingerprint density at radius 2 is 1.89 bits per heavy atom. The molecule has 0 radical (unpaired) electrons. The third kappa shape index (κ3) is 4.48. The molecule has 0 amide bonds. The summed E-state index contributed by atoms with van der Waals surface area (Å²) in [6.45, 7) is 11.1. The van der Waals surface area contributed by atoms with Crippen LogP contribution in [0.5, 0.6) is 0 Å². The molecular formula is C37H45N3O3S. The molecule has 1 aromatic carbocycles. The van der Waals surface area contributed by atoms with Crippen LogP contribution in [0.2, 0.25) is 0 Å². The van der Waals surface area contributed by atoms with Crippen molar-refractivity contribution >= 4 is 23.6 Å². The minimum absolute atomic E-state index is 0.0866. The number of aliphatic hydroxyl groups excluding tert-OH is 1. The normalized spacial score (nSPS) is 34.4. The molecule has 6 nitrogen and oxygen atoms in total. The molecule has 7 heteroatoms. The fraction of sp³-hybridized carbons (Fsp3) is 0.541. The summed E-state index contributed by atoms with van der Waals surface area (Å²) in [5, 5.41) is 29.7. The molecule has 2 aromatic heterocycles. The lowest BCUT2D eigenvalue weighted by molar-refractivity contribution is -0.177. The highest BCUT2D eigenvalue weighted by Gasteiger charge is 2.68. The van der Waals surface area contributed by atoms with Gasteiger partial charge < -0.3 is 10.2 Å². The second kappa shape index (κ2) is 10.4. The first-order valence-corrected chi connectivity index (χ1v) is 17.2. The van der Waals surface area contributed by atoms with E-state index in [9.17, 15) is 15.0 Å². The van der Waals surface area contributed by atoms with Crippen LogP contribution in [0.1, 0.15) is 83.5 Å². The lowest BCUT2D eigenvalue weighted by atomic mass is 9.45. The minimum Gasteiger partial charge on any atom is -0.393 e. The van der Waals surface area contributed by atoms with Gasteiger partial charge in [-0.2, -0.15) is 5.10 Å². The van der Waals surface area contributed by atoms with Gasteiger partial charge in [-0.15, -0.1) is 0 Å². The van der Waals surface area contributed by atoms with Crippen molar-refractivity contribution in [3.8, 4) is 5.69 Å². The summed E-state index contributed by atoms with van der Waals surface area (Å²) in [6.07, 6.45) is 10.0. The highest BCUT2D eigenvalue weighted by Crippen LogP contribution is 2.67. The van der Waals surface area contributed by atoms with Crippen molar-refractivity contribution in [1.82, 2.24) is 14.8 Å². The van der Waals surface area contributed by atoms with Gasteiger partial charge in [0.05, 0.1) is 34.5 Å². The predicted octanol–water partition coefficient (Wildman–Crippen LogP) is 6.81. The van der Waals surface area contributed by atoms with Crippen LogP contribution in [0.15, 0.2) is 65.5 Å². The smallest absolute Gasteiger partial charge is 0.175 e. The lowest BCUT2D eigenvalue weighted by Crippen LogP contribution is -2.62. The maximum absolute atomic E-state index is 13.7. The molecule has 0 bridgehead atoms. The van der Waals surface area contributed by atoms with E-state index in [-0.39, 0.29) is 40.1 Å². The highest BCUT2D eigenvalue weighted by molar-refractivity contribution is 7.99. The standard InChI is InChI=1S/C37H45N3O3S/c1-34(2,3)24-9-12-26(13-10-24)40-29-18-25-11-14-27-28-15-16-37(43,31(42)22-44-32-8-6-7-17-38-32)36(28,5)20-30(41)33(27)35(25,4)19-23(29)21-39-40/h6-10,12-13,17-18,21,27-28,30,33,41,43H,11,14-16,19-20,22H2,1-5H3/t27?,28?,30-,33?,35?,36?,37?/m0/s1. The van der Waals surface area contributed by atoms with E-state index in [0.717, 1.165) is 42.1 Å². The molecule has 4 aliphatic rings. The van der Waals surface area contributed by atoms with E-state index >= 15 is 0 Å². The van der Waals surface area contributed by atoms with Crippen molar-refractivity contribution in [2.75, 3.05) is 5.75 Å². The van der Waals surface area contributed by atoms with Gasteiger partial charge in [-0.25, -0.2) is 9.67 Å². The molecule has 232 valence electrons. The predicted molar refractivity (Wildman–Crippen MR) is 175 cm³/mol. The van der Waals surface area contributed by atoms with Crippen LogP contribution in [0.4, 0.5) is 0 Å². The van der Waals surface area contributed by atoms with Gasteiger partial charge in [0, 0.05) is 11.6 Å². The van der Waals surface area contributed by atoms with Crippen molar-refractivity contribution in [3.63, 3.8) is 0 Å². The third-order valence-corrected chi connectivity index (χ3v) is 12.9. The molecule has 2 N–H and O–H groups in total. The summed E-state index contributed by atoms with van der Waals surface area (Å²) < 4.78 is 2.07. The molecule has 3 fully saturated rings. The number of aromatic nitrogens is 3. The van der Waals surface area contributed by atoms with Gasteiger partial charge in [-0.3, -0.25) is 4.79 Å². The first-order valence-electron chi connectivity index (χ1n) is 16.2. The van der Waals surface area contributed by atoms with Gasteiger partial charge >= 0.3 is 0 Å². The summed E-state index contributed by atoms with van der Waals surface area (Å²) in [4.78, 5) is 18.0. The Hall–Kier alpha value is -2.74. The van der Waals surface area contributed by atoms with Crippen LogP contribution >= 0.6 is 11.8 Å². The van der Waals surface area contributed by atoms with Crippen molar-refractivity contribution in [2.24, 2.45) is 28.6 Å². The largest absolute Gasteiger partial charge is 0.393 e. The van der Waals surface area contributed by atoms with Gasteiger partial charge in [-0.05, 0) is 109 Å². The molecule has 0 saturated heterocycles. The second-order valence-corrected chi connectivity index (χ2v) is 16.3. The highest BCUT2D eigenvalue weighted by atomic mass is 32.2. The number of carbonyl (C=O) groups is 1. The van der Waals surface area contributed by atoms with E-state index in [0.29, 0.717) is 12.8 Å². The van der Waals surface area contributed by atoms with Gasteiger partial charge in [0.2, 0.25) is 0 Å². The van der Waals surface area contributed by atoms with Crippen LogP contribution in [0, 0.1) is 28.6 Å². The van der Waals surface area contributed by atoms with Crippen LogP contribution in [0.25, 0.3) is 11.8 Å². The molecule has 6 unspecified atom stereocenters. The number of allylic oxidation sites excluding steroid dienone is 1. The summed E-state index contributed by atoms with van der Waals surface area (Å²) in [7, 11) is 0. The molecule has 0 spiro atoms.